The van der Waals surface area contributed by atoms with Crippen molar-refractivity contribution in [1.29, 1.82) is 0 Å². The Labute approximate surface area is 159 Å². The van der Waals surface area contributed by atoms with Gasteiger partial charge in [-0.15, -0.1) is 0 Å². The third-order valence-electron chi connectivity index (χ3n) is 4.50. The van der Waals surface area contributed by atoms with Crippen LogP contribution in [0.5, 0.6) is 0 Å². The number of carboxylic acids is 1. The molecule has 1 aliphatic rings. The minimum atomic E-state index is -0.788. The van der Waals surface area contributed by atoms with Gasteiger partial charge in [0, 0.05) is 32.5 Å². The Balaban J connectivity index is 1.96. The molecule has 7 nitrogen and oxygen atoms in total. The molecule has 0 bridgehead atoms. The average molecular weight is 371 g/mol. The SMILES string of the molecule is CNC(=O)C(Cc1ccc(C#CCN2CCC[C@H]2C(=O)O)cc1)NC(C)=O. The summed E-state index contributed by atoms with van der Waals surface area (Å²) >= 11 is 0. The van der Waals surface area contributed by atoms with Crippen molar-refractivity contribution in [3.8, 4) is 11.8 Å². The number of carboxylic acid groups (broad SMARTS) is 1. The largest absolute Gasteiger partial charge is 0.480 e. The zero-order valence-electron chi connectivity index (χ0n) is 15.6. The second kappa shape index (κ2) is 9.74. The number of carbonyl (C=O) groups is 3. The molecule has 27 heavy (non-hydrogen) atoms. The smallest absolute Gasteiger partial charge is 0.320 e. The summed E-state index contributed by atoms with van der Waals surface area (Å²) in [5.41, 5.74) is 1.73. The molecule has 1 aromatic rings. The van der Waals surface area contributed by atoms with E-state index < -0.39 is 18.1 Å². The van der Waals surface area contributed by atoms with E-state index in [0.717, 1.165) is 24.1 Å². The molecule has 0 radical (unpaired) electrons. The minimum absolute atomic E-state index is 0.243. The third-order valence-corrected chi connectivity index (χ3v) is 4.50. The van der Waals surface area contributed by atoms with Crippen LogP contribution in [0.2, 0.25) is 0 Å². The Hall–Kier alpha value is -2.85. The number of likely N-dealkylation sites (N-methyl/N-ethyl adjacent to an activating group) is 1. The van der Waals surface area contributed by atoms with Gasteiger partial charge < -0.3 is 15.7 Å². The molecule has 0 saturated carbocycles. The van der Waals surface area contributed by atoms with Crippen LogP contribution in [0.4, 0.5) is 0 Å². The number of nitrogens with one attached hydrogen (secondary N) is 2. The van der Waals surface area contributed by atoms with E-state index >= 15 is 0 Å². The Kier molecular flexibility index (Phi) is 7.38. The summed E-state index contributed by atoms with van der Waals surface area (Å²) in [7, 11) is 1.53. The van der Waals surface area contributed by atoms with E-state index in [1.165, 1.54) is 14.0 Å². The van der Waals surface area contributed by atoms with Crippen molar-refractivity contribution in [2.45, 2.75) is 38.3 Å². The van der Waals surface area contributed by atoms with Crippen molar-refractivity contribution in [2.75, 3.05) is 20.1 Å². The van der Waals surface area contributed by atoms with Crippen molar-refractivity contribution in [1.82, 2.24) is 15.5 Å². The first-order valence-corrected chi connectivity index (χ1v) is 8.94. The van der Waals surface area contributed by atoms with Crippen LogP contribution in [-0.2, 0) is 20.8 Å². The monoisotopic (exact) mass is 371 g/mol. The third kappa shape index (κ3) is 6.12. The molecule has 2 rings (SSSR count). The molecule has 1 fully saturated rings. The zero-order valence-corrected chi connectivity index (χ0v) is 15.6. The summed E-state index contributed by atoms with van der Waals surface area (Å²) in [5.74, 6) is 4.79. The molecule has 0 spiro atoms. The van der Waals surface area contributed by atoms with Crippen LogP contribution in [0.25, 0.3) is 0 Å². The maximum Gasteiger partial charge on any atom is 0.320 e. The van der Waals surface area contributed by atoms with E-state index in [1.54, 1.807) is 0 Å². The molecule has 1 heterocycles. The standard InChI is InChI=1S/C20H25N3O4/c1-14(24)22-17(19(25)21-2)13-16-9-7-15(8-10-16)5-3-11-23-12-4-6-18(23)20(26)27/h7-10,17-18H,4,6,11-13H2,1-2H3,(H,21,25)(H,22,24)(H,26,27)/t17?,18-/m0/s1. The van der Waals surface area contributed by atoms with Crippen LogP contribution in [0.3, 0.4) is 0 Å². The normalized spacial score (nSPS) is 17.5. The molecule has 144 valence electrons. The summed E-state index contributed by atoms with van der Waals surface area (Å²) in [6.45, 7) is 2.57. The van der Waals surface area contributed by atoms with Gasteiger partial charge in [-0.3, -0.25) is 19.3 Å². The lowest BCUT2D eigenvalue weighted by atomic mass is 10.0. The first kappa shape index (κ1) is 20.5. The summed E-state index contributed by atoms with van der Waals surface area (Å²) in [6, 6.07) is 6.41. The van der Waals surface area contributed by atoms with Crippen molar-refractivity contribution >= 4 is 17.8 Å². The number of benzene rings is 1. The Bertz CT molecular complexity index is 749. The van der Waals surface area contributed by atoms with Gasteiger partial charge in [-0.1, -0.05) is 24.0 Å². The van der Waals surface area contributed by atoms with Gasteiger partial charge in [0.15, 0.2) is 0 Å². The number of rotatable bonds is 6. The number of hydrogen-bond donors (Lipinski definition) is 3. The van der Waals surface area contributed by atoms with Crippen LogP contribution >= 0.6 is 0 Å². The molecule has 2 atom stereocenters. The predicted molar refractivity (Wildman–Crippen MR) is 101 cm³/mol. The second-order valence-electron chi connectivity index (χ2n) is 6.54. The van der Waals surface area contributed by atoms with Crippen LogP contribution in [0, 0.1) is 11.8 Å². The molecular weight excluding hydrogens is 346 g/mol. The summed E-state index contributed by atoms with van der Waals surface area (Å²) in [5, 5.41) is 14.4. The molecule has 0 aliphatic carbocycles. The molecule has 1 saturated heterocycles. The fourth-order valence-electron chi connectivity index (χ4n) is 3.13. The molecule has 2 amide bonds. The first-order valence-electron chi connectivity index (χ1n) is 8.94. The molecular formula is C20H25N3O4. The fraction of sp³-hybridized carbons (Fsp3) is 0.450. The molecule has 1 aliphatic heterocycles. The average Bonchev–Trinajstić information content (AvgIpc) is 3.10. The van der Waals surface area contributed by atoms with Gasteiger partial charge in [-0.2, -0.15) is 0 Å². The van der Waals surface area contributed by atoms with E-state index in [4.69, 9.17) is 5.11 Å². The van der Waals surface area contributed by atoms with Gasteiger partial charge in [0.05, 0.1) is 6.54 Å². The first-order chi connectivity index (χ1) is 12.9. The van der Waals surface area contributed by atoms with Crippen molar-refractivity contribution in [2.24, 2.45) is 0 Å². The number of amides is 2. The number of nitrogens with zero attached hydrogens (tertiary/aromatic N) is 1. The van der Waals surface area contributed by atoms with Crippen molar-refractivity contribution in [3.63, 3.8) is 0 Å². The second-order valence-corrected chi connectivity index (χ2v) is 6.54. The van der Waals surface area contributed by atoms with Crippen LogP contribution in [0.1, 0.15) is 30.9 Å². The zero-order chi connectivity index (χ0) is 19.8. The molecule has 7 heteroatoms. The Morgan fingerprint density at radius 2 is 2.00 bits per heavy atom. The number of carbonyl (C=O) groups excluding carboxylic acids is 2. The van der Waals surface area contributed by atoms with E-state index in [1.807, 2.05) is 29.2 Å². The highest BCUT2D eigenvalue weighted by Gasteiger charge is 2.29. The maximum absolute atomic E-state index is 11.9. The Morgan fingerprint density at radius 1 is 1.30 bits per heavy atom. The lowest BCUT2D eigenvalue weighted by Crippen LogP contribution is -2.46. The lowest BCUT2D eigenvalue weighted by Gasteiger charge is -2.17. The maximum atomic E-state index is 11.9. The molecule has 3 N–H and O–H groups in total. The quantitative estimate of drug-likeness (QED) is 0.628. The van der Waals surface area contributed by atoms with Crippen molar-refractivity contribution < 1.29 is 19.5 Å². The predicted octanol–water partition coefficient (Wildman–Crippen LogP) is 0.380. The van der Waals surface area contributed by atoms with Gasteiger partial charge >= 0.3 is 5.97 Å². The van der Waals surface area contributed by atoms with Crippen LogP contribution < -0.4 is 10.6 Å². The van der Waals surface area contributed by atoms with Gasteiger partial charge in [0.1, 0.15) is 12.1 Å². The van der Waals surface area contributed by atoms with Crippen LogP contribution in [-0.4, -0.2) is 60.0 Å². The van der Waals surface area contributed by atoms with E-state index in [-0.39, 0.29) is 11.8 Å². The number of aliphatic carboxylic acids is 1. The van der Waals surface area contributed by atoms with Crippen LogP contribution in [0.15, 0.2) is 24.3 Å². The van der Waals surface area contributed by atoms with Gasteiger partial charge in [-0.05, 0) is 30.5 Å². The fourth-order valence-corrected chi connectivity index (χ4v) is 3.13. The summed E-state index contributed by atoms with van der Waals surface area (Å²) in [6.07, 6.45) is 1.95. The van der Waals surface area contributed by atoms with Crippen molar-refractivity contribution in [3.05, 3.63) is 35.4 Å². The molecule has 0 aromatic heterocycles. The highest BCUT2D eigenvalue weighted by atomic mass is 16.4. The van der Waals surface area contributed by atoms with Gasteiger partial charge in [0.2, 0.25) is 11.8 Å². The lowest BCUT2D eigenvalue weighted by molar-refractivity contribution is -0.141. The van der Waals surface area contributed by atoms with E-state index in [0.29, 0.717) is 19.4 Å². The summed E-state index contributed by atoms with van der Waals surface area (Å²) < 4.78 is 0. The summed E-state index contributed by atoms with van der Waals surface area (Å²) in [4.78, 5) is 36.2. The molecule has 1 aromatic carbocycles. The Morgan fingerprint density at radius 3 is 2.59 bits per heavy atom. The molecule has 1 unspecified atom stereocenters. The highest BCUT2D eigenvalue weighted by Crippen LogP contribution is 2.16. The number of likely N-dealkylation sites (tertiary alicyclic amines) is 1. The topological polar surface area (TPSA) is 98.7 Å². The minimum Gasteiger partial charge on any atom is -0.480 e. The highest BCUT2D eigenvalue weighted by molar-refractivity contribution is 5.86. The van der Waals surface area contributed by atoms with E-state index in [2.05, 4.69) is 22.5 Å². The number of hydrogen-bond acceptors (Lipinski definition) is 4. The van der Waals surface area contributed by atoms with Gasteiger partial charge in [0.25, 0.3) is 0 Å². The van der Waals surface area contributed by atoms with E-state index in [9.17, 15) is 14.4 Å². The van der Waals surface area contributed by atoms with Gasteiger partial charge in [-0.25, -0.2) is 0 Å².